The molecule has 0 fully saturated rings. The summed E-state index contributed by atoms with van der Waals surface area (Å²) in [6.45, 7) is 5.62. The van der Waals surface area contributed by atoms with Crippen molar-refractivity contribution in [2.24, 2.45) is 0 Å². The van der Waals surface area contributed by atoms with Gasteiger partial charge in [-0.3, -0.25) is 4.68 Å². The van der Waals surface area contributed by atoms with E-state index < -0.39 is 0 Å². The van der Waals surface area contributed by atoms with Crippen molar-refractivity contribution in [2.45, 2.75) is 26.8 Å². The molecule has 0 saturated heterocycles. The third-order valence-electron chi connectivity index (χ3n) is 3.06. The average Bonchev–Trinajstić information content (AvgIpc) is 2.69. The van der Waals surface area contributed by atoms with E-state index >= 15 is 0 Å². The standard InChI is InChI=1S/C14H18BrFN4/c1-9-6-10(2)20(19-9)5-3-4-18-14-7-11(15)12(16)8-13(14)17/h6-8,18H,3-5,17H2,1-2H3. The Morgan fingerprint density at radius 2 is 2.10 bits per heavy atom. The topological polar surface area (TPSA) is 55.9 Å². The maximum atomic E-state index is 13.2. The summed E-state index contributed by atoms with van der Waals surface area (Å²) in [7, 11) is 0. The van der Waals surface area contributed by atoms with Gasteiger partial charge in [-0.25, -0.2) is 4.39 Å². The van der Waals surface area contributed by atoms with E-state index in [1.54, 1.807) is 6.07 Å². The summed E-state index contributed by atoms with van der Waals surface area (Å²) in [5.41, 5.74) is 9.11. The molecule has 0 bridgehead atoms. The van der Waals surface area contributed by atoms with E-state index in [-0.39, 0.29) is 5.82 Å². The molecule has 2 aromatic rings. The summed E-state index contributed by atoms with van der Waals surface area (Å²) < 4.78 is 15.6. The summed E-state index contributed by atoms with van der Waals surface area (Å²) in [5.74, 6) is -0.351. The summed E-state index contributed by atoms with van der Waals surface area (Å²) in [6.07, 6.45) is 0.913. The first-order chi connectivity index (χ1) is 9.47. The predicted octanol–water partition coefficient (Wildman–Crippen LogP) is 3.49. The molecular formula is C14H18BrFN4. The van der Waals surface area contributed by atoms with Gasteiger partial charge in [0.25, 0.3) is 0 Å². The second kappa shape index (κ2) is 6.26. The van der Waals surface area contributed by atoms with Crippen LogP contribution < -0.4 is 11.1 Å². The van der Waals surface area contributed by atoms with E-state index in [1.165, 1.54) is 6.07 Å². The Bertz CT molecular complexity index is 609. The zero-order valence-corrected chi connectivity index (χ0v) is 13.2. The molecule has 0 atom stereocenters. The maximum absolute atomic E-state index is 13.2. The van der Waals surface area contributed by atoms with Gasteiger partial charge >= 0.3 is 0 Å². The minimum absolute atomic E-state index is 0.351. The lowest BCUT2D eigenvalue weighted by molar-refractivity contribution is 0.573. The lowest BCUT2D eigenvalue weighted by atomic mass is 10.2. The zero-order chi connectivity index (χ0) is 14.7. The molecule has 4 nitrogen and oxygen atoms in total. The molecule has 1 aromatic heterocycles. The van der Waals surface area contributed by atoms with Gasteiger partial charge in [0.15, 0.2) is 0 Å². The van der Waals surface area contributed by atoms with Gasteiger partial charge < -0.3 is 11.1 Å². The number of nitrogens with one attached hydrogen (secondary N) is 1. The molecule has 0 aliphatic heterocycles. The smallest absolute Gasteiger partial charge is 0.139 e. The first-order valence-electron chi connectivity index (χ1n) is 6.47. The van der Waals surface area contributed by atoms with Crippen LogP contribution in [0.1, 0.15) is 17.8 Å². The highest BCUT2D eigenvalue weighted by molar-refractivity contribution is 9.10. The van der Waals surface area contributed by atoms with Gasteiger partial charge in [0.1, 0.15) is 5.82 Å². The van der Waals surface area contributed by atoms with E-state index in [9.17, 15) is 4.39 Å². The van der Waals surface area contributed by atoms with Crippen molar-refractivity contribution in [1.82, 2.24) is 9.78 Å². The fourth-order valence-electron chi connectivity index (χ4n) is 2.07. The van der Waals surface area contributed by atoms with Gasteiger partial charge in [-0.05, 0) is 48.3 Å². The summed E-state index contributed by atoms with van der Waals surface area (Å²) in [5, 5.41) is 7.62. The van der Waals surface area contributed by atoms with Crippen LogP contribution in [0.2, 0.25) is 0 Å². The molecular weight excluding hydrogens is 323 g/mol. The number of hydrogen-bond acceptors (Lipinski definition) is 3. The number of hydrogen-bond donors (Lipinski definition) is 2. The average molecular weight is 341 g/mol. The Morgan fingerprint density at radius 1 is 1.35 bits per heavy atom. The highest BCUT2D eigenvalue weighted by Gasteiger charge is 2.05. The highest BCUT2D eigenvalue weighted by atomic mass is 79.9. The van der Waals surface area contributed by atoms with Crippen molar-refractivity contribution in [3.05, 3.63) is 39.9 Å². The molecule has 0 amide bonds. The minimum Gasteiger partial charge on any atom is -0.397 e. The summed E-state index contributed by atoms with van der Waals surface area (Å²) in [4.78, 5) is 0. The Balaban J connectivity index is 1.87. The maximum Gasteiger partial charge on any atom is 0.139 e. The second-order valence-corrected chi connectivity index (χ2v) is 5.64. The molecule has 0 aliphatic rings. The number of nitrogens with two attached hydrogens (primary N) is 1. The summed E-state index contributed by atoms with van der Waals surface area (Å²) >= 11 is 3.15. The first kappa shape index (κ1) is 14.8. The lowest BCUT2D eigenvalue weighted by Crippen LogP contribution is -2.10. The van der Waals surface area contributed by atoms with Crippen LogP contribution in [0.5, 0.6) is 0 Å². The second-order valence-electron chi connectivity index (χ2n) is 4.78. The van der Waals surface area contributed by atoms with E-state index in [1.807, 2.05) is 18.5 Å². The number of rotatable bonds is 5. The number of anilines is 2. The van der Waals surface area contributed by atoms with Crippen LogP contribution in [0.3, 0.4) is 0 Å². The van der Waals surface area contributed by atoms with E-state index in [4.69, 9.17) is 5.73 Å². The number of aromatic nitrogens is 2. The van der Waals surface area contributed by atoms with Crippen molar-refractivity contribution in [3.8, 4) is 0 Å². The molecule has 3 N–H and O–H groups in total. The Hall–Kier alpha value is -1.56. The minimum atomic E-state index is -0.351. The van der Waals surface area contributed by atoms with Crippen molar-refractivity contribution in [1.29, 1.82) is 0 Å². The van der Waals surface area contributed by atoms with Gasteiger partial charge in [0, 0.05) is 24.8 Å². The van der Waals surface area contributed by atoms with Crippen LogP contribution >= 0.6 is 15.9 Å². The fraction of sp³-hybridized carbons (Fsp3) is 0.357. The van der Waals surface area contributed by atoms with E-state index in [2.05, 4.69) is 32.4 Å². The van der Waals surface area contributed by atoms with Crippen molar-refractivity contribution >= 4 is 27.3 Å². The lowest BCUT2D eigenvalue weighted by Gasteiger charge is -2.11. The van der Waals surface area contributed by atoms with Gasteiger partial charge in [-0.15, -0.1) is 0 Å². The first-order valence-corrected chi connectivity index (χ1v) is 7.26. The van der Waals surface area contributed by atoms with Crippen LogP contribution in [0, 0.1) is 19.7 Å². The summed E-state index contributed by atoms with van der Waals surface area (Å²) in [6, 6.07) is 5.03. The molecule has 108 valence electrons. The van der Waals surface area contributed by atoms with Crippen LogP contribution in [-0.4, -0.2) is 16.3 Å². The molecule has 2 rings (SSSR count). The molecule has 0 unspecified atom stereocenters. The van der Waals surface area contributed by atoms with Crippen molar-refractivity contribution in [3.63, 3.8) is 0 Å². The third-order valence-corrected chi connectivity index (χ3v) is 3.67. The van der Waals surface area contributed by atoms with Crippen LogP contribution in [0.25, 0.3) is 0 Å². The van der Waals surface area contributed by atoms with E-state index in [0.717, 1.165) is 36.6 Å². The zero-order valence-electron chi connectivity index (χ0n) is 11.6. The van der Waals surface area contributed by atoms with Crippen molar-refractivity contribution in [2.75, 3.05) is 17.6 Å². The normalized spacial score (nSPS) is 10.8. The molecule has 1 heterocycles. The molecule has 20 heavy (non-hydrogen) atoms. The monoisotopic (exact) mass is 340 g/mol. The molecule has 6 heteroatoms. The molecule has 0 radical (unpaired) electrons. The van der Waals surface area contributed by atoms with Gasteiger partial charge in [0.05, 0.1) is 21.5 Å². The number of aryl methyl sites for hydroxylation is 3. The van der Waals surface area contributed by atoms with Crippen LogP contribution in [0.15, 0.2) is 22.7 Å². The predicted molar refractivity (Wildman–Crippen MR) is 83.3 cm³/mol. The number of benzene rings is 1. The number of nitrogen functional groups attached to an aromatic ring is 1. The van der Waals surface area contributed by atoms with Gasteiger partial charge in [-0.2, -0.15) is 5.10 Å². The Morgan fingerprint density at radius 3 is 2.75 bits per heavy atom. The van der Waals surface area contributed by atoms with Gasteiger partial charge in [-0.1, -0.05) is 0 Å². The quantitative estimate of drug-likeness (QED) is 0.647. The Kier molecular flexibility index (Phi) is 4.65. The SMILES string of the molecule is Cc1cc(C)n(CCCNc2cc(Br)c(F)cc2N)n1. The number of nitrogens with zero attached hydrogens (tertiary/aromatic N) is 2. The van der Waals surface area contributed by atoms with E-state index in [0.29, 0.717) is 10.2 Å². The molecule has 1 aromatic carbocycles. The highest BCUT2D eigenvalue weighted by Crippen LogP contribution is 2.26. The molecule has 0 spiro atoms. The Labute approximate surface area is 126 Å². The third kappa shape index (κ3) is 3.50. The molecule has 0 aliphatic carbocycles. The number of halogens is 2. The van der Waals surface area contributed by atoms with Crippen molar-refractivity contribution < 1.29 is 4.39 Å². The molecule has 0 saturated carbocycles. The van der Waals surface area contributed by atoms with Crippen LogP contribution in [0.4, 0.5) is 15.8 Å². The fourth-order valence-corrected chi connectivity index (χ4v) is 2.41. The van der Waals surface area contributed by atoms with Gasteiger partial charge in [0.2, 0.25) is 0 Å². The largest absolute Gasteiger partial charge is 0.397 e. The van der Waals surface area contributed by atoms with Crippen LogP contribution in [-0.2, 0) is 6.54 Å².